The molecule has 1 fully saturated rings. The Morgan fingerprint density at radius 2 is 1.23 bits per heavy atom. The fourth-order valence-electron chi connectivity index (χ4n) is 14.4. The van der Waals surface area contributed by atoms with E-state index in [1.165, 1.54) is 61.6 Å². The maximum Gasteiger partial charge on any atom is 0.335 e. The standard InChI is InChI=1S/C81H88Cl2N10O23/c1-36(2)12-9-7-6-8-10-13-58(99)87-67-69(101)70(102)72(80(110)111)116-81(67)115-71-56-30-41-31-57(71)114-54-23-18-40(28-48(54)82)68(100)66-79(109)91-64(74(104)85-24-11-25-93(4)5)46-32-42(94)33-52(97)59(46)45-27-38(16-21-50(45)95)62(76(106)92-66)88-77(107)63(41)89-78(108)65-47-34-44(35-53(98)60(47)83)113-55-29-39(17-22-51(55)96)61(84-3)75(105)86-49(73(103)90-65)26-37-14-19-43(112-56)20-15-37/h14-23,27-36,49,61-70,72,81,84,94-98,100-102H,6-13,24-26H2,1-5H3,(H,85,104)(H,86,105)(H,87,99)(H,88,107)(H,89,108)(H,90,103)(H,91,109)(H,92,106)(H,110,111)/t49-,61-,62-,63-,64-,65+,66+,67-,68-,69-,70+,72+,81-/m1/s1. The number of hydrogen-bond donors (Lipinski definition) is 18. The summed E-state index contributed by atoms with van der Waals surface area (Å²) < 4.78 is 32.3. The molecule has 7 heterocycles. The highest BCUT2D eigenvalue weighted by Gasteiger charge is 2.51. The highest BCUT2D eigenvalue weighted by atomic mass is 35.5. The monoisotopic (exact) mass is 1640 g/mol. The molecular formula is C81H88Cl2N10O23. The van der Waals surface area contributed by atoms with Gasteiger partial charge in [0.15, 0.2) is 29.1 Å². The Kier molecular flexibility index (Phi) is 26.0. The molecule has 0 unspecified atom stereocenters. The average molecular weight is 1640 g/mol. The van der Waals surface area contributed by atoms with E-state index in [0.29, 0.717) is 37.3 Å². The van der Waals surface area contributed by atoms with E-state index in [2.05, 4.69) is 61.7 Å². The number of carboxylic acids is 1. The molecule has 7 aromatic carbocycles. The Morgan fingerprint density at radius 3 is 1.94 bits per heavy atom. The number of likely N-dealkylation sites (N-methyl/N-ethyl adjacent to an activating group) is 1. The maximum atomic E-state index is 16.5. The Hall–Kier alpha value is -11.7. The molecule has 33 nitrogen and oxygen atoms in total. The topological polar surface area (TPSA) is 493 Å². The number of nitrogens with zero attached hydrogens (tertiary/aromatic N) is 1. The number of phenolic OH excluding ortho intramolecular Hbond substituents is 5. The molecule has 1 saturated heterocycles. The van der Waals surface area contributed by atoms with Gasteiger partial charge in [0.05, 0.1) is 10.0 Å². The summed E-state index contributed by atoms with van der Waals surface area (Å²) in [5.41, 5.74) is -2.06. The third-order valence-corrected chi connectivity index (χ3v) is 21.1. The SMILES string of the molecule is CN[C@H]1C(=O)N[C@@H]2Cc3ccc(cc3)Oc3cc4cc(c3O[C@@H]3O[C@H](C(=O)O)[C@@H](O)[C@H](O)[C@H]3NC(=O)CCCCCCCC(C)C)Oc3ccc(cc3Cl)[C@@H](O)[C@@H]3NC(=O)[C@H](NC(=O)[C@@H]4NC(=O)[C@@H](NC2=O)c2cc(cc(O)c2Cl)Oc2cc1ccc2O)c1ccc(O)c(c1)-c1c(O)cc(O)cc1[C@H](C(=O)NCCCN(C)C)NC3=O. The van der Waals surface area contributed by atoms with Crippen LogP contribution >= 0.6 is 23.2 Å². The summed E-state index contributed by atoms with van der Waals surface area (Å²) in [7, 11) is 5.03. The summed E-state index contributed by atoms with van der Waals surface area (Å²) in [5.74, 6) is -16.6. The van der Waals surface area contributed by atoms with E-state index in [0.717, 1.165) is 86.3 Å². The third-order valence-electron chi connectivity index (χ3n) is 20.4. The number of unbranched alkanes of at least 4 members (excludes halogenated alkanes) is 4. The minimum absolute atomic E-state index is 0.000640. The van der Waals surface area contributed by atoms with E-state index in [-0.39, 0.29) is 70.2 Å². The summed E-state index contributed by atoms with van der Waals surface area (Å²) in [6, 6.07) is 6.88. The minimum Gasteiger partial charge on any atom is -0.508 e. The fourth-order valence-corrected chi connectivity index (χ4v) is 14.8. The Balaban J connectivity index is 1.09. The van der Waals surface area contributed by atoms with Crippen LogP contribution in [0.2, 0.25) is 10.0 Å². The van der Waals surface area contributed by atoms with Crippen molar-refractivity contribution in [2.45, 2.75) is 151 Å². The van der Waals surface area contributed by atoms with Crippen molar-refractivity contribution in [2.24, 2.45) is 5.92 Å². The predicted molar refractivity (Wildman–Crippen MR) is 415 cm³/mol. The van der Waals surface area contributed by atoms with Gasteiger partial charge in [-0.25, -0.2) is 4.79 Å². The number of ether oxygens (including phenoxy) is 5. The van der Waals surface area contributed by atoms with E-state index < -0.39 is 205 Å². The van der Waals surface area contributed by atoms with Gasteiger partial charge in [0, 0.05) is 48.2 Å². The zero-order valence-corrected chi connectivity index (χ0v) is 64.8. The summed E-state index contributed by atoms with van der Waals surface area (Å²) in [6.45, 7) is 4.72. The summed E-state index contributed by atoms with van der Waals surface area (Å²) >= 11 is 14.2. The van der Waals surface area contributed by atoms with Gasteiger partial charge in [0.2, 0.25) is 59.3 Å². The number of carbonyl (C=O) groups is 9. The summed E-state index contributed by atoms with van der Waals surface area (Å²) in [4.78, 5) is 138. The summed E-state index contributed by atoms with van der Waals surface area (Å²) in [5, 5.41) is 128. The van der Waals surface area contributed by atoms with E-state index in [1.54, 1.807) is 14.1 Å². The number of halogens is 2. The van der Waals surface area contributed by atoms with Crippen LogP contribution in [-0.4, -0.2) is 181 Å². The van der Waals surface area contributed by atoms with Crippen molar-refractivity contribution in [3.63, 3.8) is 0 Å². The second kappa shape index (κ2) is 36.0. The molecule has 8 amide bonds. The van der Waals surface area contributed by atoms with E-state index in [1.807, 2.05) is 4.90 Å². The number of aromatic hydroxyl groups is 5. The van der Waals surface area contributed by atoms with Crippen molar-refractivity contribution < 1.29 is 113 Å². The molecule has 17 bridgehead atoms. The average Bonchev–Trinajstić information content (AvgIpc) is 0.769. The number of aliphatic hydroxyl groups excluding tert-OH is 3. The van der Waals surface area contributed by atoms with Crippen LogP contribution in [0, 0.1) is 5.92 Å². The van der Waals surface area contributed by atoms with Gasteiger partial charge in [-0.3, -0.25) is 38.4 Å². The van der Waals surface area contributed by atoms with Crippen LogP contribution in [-0.2, 0) is 54.3 Å². The number of fused-ring (bicyclic) bond motifs is 14. The van der Waals surface area contributed by atoms with Crippen LogP contribution in [0.5, 0.6) is 69.0 Å². The van der Waals surface area contributed by atoms with Crippen molar-refractivity contribution in [3.05, 3.63) is 164 Å². The first kappa shape index (κ1) is 83.7. The van der Waals surface area contributed by atoms with E-state index in [4.69, 9.17) is 46.9 Å². The molecule has 0 aliphatic carbocycles. The molecule has 13 atom stereocenters. The van der Waals surface area contributed by atoms with Gasteiger partial charge in [-0.15, -0.1) is 0 Å². The van der Waals surface area contributed by atoms with Crippen LogP contribution in [0.15, 0.2) is 115 Å². The van der Waals surface area contributed by atoms with Gasteiger partial charge in [0.25, 0.3) is 0 Å². The molecule has 7 aromatic rings. The van der Waals surface area contributed by atoms with Gasteiger partial charge < -0.3 is 122 Å². The number of aliphatic hydroxyl groups is 3. The fraction of sp³-hybridized carbons (Fsp3) is 0.370. The maximum absolute atomic E-state index is 16.5. The first-order valence-electron chi connectivity index (χ1n) is 37.5. The number of amides is 8. The second-order valence-electron chi connectivity index (χ2n) is 29.6. The van der Waals surface area contributed by atoms with Crippen LogP contribution in [0.25, 0.3) is 11.1 Å². The Morgan fingerprint density at radius 1 is 0.586 bits per heavy atom. The van der Waals surface area contributed by atoms with Crippen molar-refractivity contribution in [3.8, 4) is 80.1 Å². The number of aliphatic carboxylic acids is 1. The molecule has 18 N–H and O–H groups in total. The lowest BCUT2D eigenvalue weighted by Gasteiger charge is -2.41. The number of carboxylic acid groups (broad SMARTS) is 1. The molecule has 7 aliphatic heterocycles. The zero-order chi connectivity index (χ0) is 83.2. The second-order valence-corrected chi connectivity index (χ2v) is 30.3. The largest absolute Gasteiger partial charge is 0.508 e. The molecule has 614 valence electrons. The highest BCUT2D eigenvalue weighted by molar-refractivity contribution is 6.33. The van der Waals surface area contributed by atoms with E-state index >= 15 is 24.0 Å². The number of nitrogens with one attached hydrogen (secondary N) is 9. The molecule has 14 rings (SSSR count). The first-order valence-corrected chi connectivity index (χ1v) is 38.2. The van der Waals surface area contributed by atoms with Gasteiger partial charge in [0.1, 0.15) is 107 Å². The molecule has 0 saturated carbocycles. The zero-order valence-electron chi connectivity index (χ0n) is 63.3. The number of benzene rings is 7. The normalized spacial score (nSPS) is 23.3. The number of rotatable bonds is 18. The molecule has 0 spiro atoms. The molecule has 35 heteroatoms. The van der Waals surface area contributed by atoms with Crippen LogP contribution in [0.3, 0.4) is 0 Å². The third kappa shape index (κ3) is 18.8. The first-order chi connectivity index (χ1) is 55.3. The van der Waals surface area contributed by atoms with Crippen molar-refractivity contribution >= 4 is 76.4 Å². The number of carbonyl (C=O) groups excluding carboxylic acids is 8. The minimum atomic E-state index is -2.37. The lowest BCUT2D eigenvalue weighted by atomic mass is 9.89. The van der Waals surface area contributed by atoms with Gasteiger partial charge in [-0.2, -0.15) is 0 Å². The lowest BCUT2D eigenvalue weighted by molar-refractivity contribution is -0.241. The molecule has 0 aromatic heterocycles. The van der Waals surface area contributed by atoms with Crippen molar-refractivity contribution in [1.82, 2.24) is 52.8 Å². The molecule has 7 aliphatic rings. The van der Waals surface area contributed by atoms with Gasteiger partial charge >= 0.3 is 5.97 Å². The van der Waals surface area contributed by atoms with Crippen LogP contribution in [0.1, 0.15) is 140 Å². The highest BCUT2D eigenvalue weighted by Crippen LogP contribution is 2.50. The summed E-state index contributed by atoms with van der Waals surface area (Å²) in [6.07, 6.45) is -6.46. The van der Waals surface area contributed by atoms with Crippen LogP contribution in [0.4, 0.5) is 0 Å². The van der Waals surface area contributed by atoms with Gasteiger partial charge in [-0.05, 0) is 153 Å². The number of hydrogen-bond acceptors (Lipinski definition) is 24. The van der Waals surface area contributed by atoms with Crippen molar-refractivity contribution in [1.29, 1.82) is 0 Å². The smallest absolute Gasteiger partial charge is 0.335 e. The van der Waals surface area contributed by atoms with Gasteiger partial charge in [-0.1, -0.05) is 99.5 Å². The molecular weight excluding hydrogens is 1550 g/mol. The Labute approximate surface area is 673 Å². The predicted octanol–water partition coefficient (Wildman–Crippen LogP) is 6.30. The molecule has 116 heavy (non-hydrogen) atoms. The molecule has 0 radical (unpaired) electrons. The Bertz CT molecular complexity index is 4960. The lowest BCUT2D eigenvalue weighted by Crippen LogP contribution is -2.66. The van der Waals surface area contributed by atoms with Crippen LogP contribution < -0.4 is 66.8 Å². The number of phenols is 5. The quantitative estimate of drug-likeness (QED) is 0.0419. The van der Waals surface area contributed by atoms with E-state index in [9.17, 15) is 65.1 Å². The van der Waals surface area contributed by atoms with Crippen molar-refractivity contribution in [2.75, 3.05) is 34.2 Å².